The van der Waals surface area contributed by atoms with Crippen molar-refractivity contribution in [3.05, 3.63) is 0 Å². The molecule has 1 unspecified atom stereocenters. The summed E-state index contributed by atoms with van der Waals surface area (Å²) in [7, 11) is 0. The summed E-state index contributed by atoms with van der Waals surface area (Å²) in [6.07, 6.45) is 9.90. The zero-order valence-corrected chi connectivity index (χ0v) is 10.1. The van der Waals surface area contributed by atoms with Crippen LogP contribution < -0.4 is 0 Å². The van der Waals surface area contributed by atoms with E-state index in [2.05, 4.69) is 27.7 Å². The third kappa shape index (κ3) is 7.10. The van der Waals surface area contributed by atoms with Gasteiger partial charge in [-0.15, -0.1) is 0 Å². The van der Waals surface area contributed by atoms with Gasteiger partial charge in [0.15, 0.2) is 0 Å². The molecule has 13 heavy (non-hydrogen) atoms. The van der Waals surface area contributed by atoms with Gasteiger partial charge in [-0.1, -0.05) is 72.6 Å². The average Bonchev–Trinajstić information content (AvgIpc) is 2.14. The van der Waals surface area contributed by atoms with Crippen molar-refractivity contribution in [3.63, 3.8) is 0 Å². The van der Waals surface area contributed by atoms with Gasteiger partial charge in [0.2, 0.25) is 0 Å². The topological polar surface area (TPSA) is 0 Å². The molecule has 0 saturated heterocycles. The molecule has 0 aliphatic carbocycles. The second kappa shape index (κ2) is 8.59. The fourth-order valence-corrected chi connectivity index (χ4v) is 1.97. The molecule has 0 heterocycles. The van der Waals surface area contributed by atoms with Crippen LogP contribution in [0.15, 0.2) is 0 Å². The summed E-state index contributed by atoms with van der Waals surface area (Å²) < 4.78 is 0. The predicted octanol–water partition coefficient (Wildman–Crippen LogP) is 5.03. The van der Waals surface area contributed by atoms with Gasteiger partial charge in [0.05, 0.1) is 0 Å². The Kier molecular flexibility index (Phi) is 8.59. The third-order valence-corrected chi connectivity index (χ3v) is 3.16. The fraction of sp³-hybridized carbons (Fsp3) is 1.00. The summed E-state index contributed by atoms with van der Waals surface area (Å²) in [4.78, 5) is 0. The van der Waals surface area contributed by atoms with Gasteiger partial charge in [-0.25, -0.2) is 0 Å². The molecule has 0 aromatic carbocycles. The smallest absolute Gasteiger partial charge is 0.0414 e. The molecule has 0 amide bonds. The first kappa shape index (κ1) is 13.0. The van der Waals surface area contributed by atoms with Crippen molar-refractivity contribution in [3.8, 4) is 0 Å². The largest absolute Gasteiger partial charge is 0.0654 e. The molecule has 0 nitrogen and oxygen atoms in total. The maximum absolute atomic E-state index is 2.38. The van der Waals surface area contributed by atoms with Crippen LogP contribution in [0.5, 0.6) is 0 Å². The van der Waals surface area contributed by atoms with Gasteiger partial charge in [-0.05, 0) is 11.8 Å². The van der Waals surface area contributed by atoms with E-state index in [9.17, 15) is 0 Å². The molecule has 80 valence electrons. The van der Waals surface area contributed by atoms with Crippen LogP contribution in [0.3, 0.4) is 0 Å². The average molecular weight is 184 g/mol. The van der Waals surface area contributed by atoms with E-state index >= 15 is 0 Å². The number of hydrogen-bond donors (Lipinski definition) is 0. The van der Waals surface area contributed by atoms with Crippen LogP contribution in [-0.4, -0.2) is 0 Å². The van der Waals surface area contributed by atoms with Crippen LogP contribution in [0, 0.1) is 11.8 Å². The first-order valence-corrected chi connectivity index (χ1v) is 6.24. The van der Waals surface area contributed by atoms with Gasteiger partial charge in [-0.3, -0.25) is 0 Å². The maximum Gasteiger partial charge on any atom is -0.0414 e. The monoisotopic (exact) mass is 184 g/mol. The molecule has 0 radical (unpaired) electrons. The highest BCUT2D eigenvalue weighted by Crippen LogP contribution is 2.22. The Hall–Kier alpha value is 0. The molecule has 0 aromatic heterocycles. The van der Waals surface area contributed by atoms with Crippen LogP contribution in [0.2, 0.25) is 0 Å². The molecular weight excluding hydrogens is 156 g/mol. The van der Waals surface area contributed by atoms with Gasteiger partial charge < -0.3 is 0 Å². The van der Waals surface area contributed by atoms with Crippen LogP contribution in [0.25, 0.3) is 0 Å². The molecule has 0 aliphatic heterocycles. The number of hydrogen-bond acceptors (Lipinski definition) is 0. The second-order valence-electron chi connectivity index (χ2n) is 4.53. The van der Waals surface area contributed by atoms with Crippen molar-refractivity contribution >= 4 is 0 Å². The highest BCUT2D eigenvalue weighted by atomic mass is 14.1. The van der Waals surface area contributed by atoms with Crippen molar-refractivity contribution in [2.75, 3.05) is 0 Å². The first-order chi connectivity index (χ1) is 6.24. The minimum absolute atomic E-state index is 0.941. The van der Waals surface area contributed by atoms with E-state index in [1.54, 1.807) is 0 Å². The Balaban J connectivity index is 3.55. The third-order valence-electron chi connectivity index (χ3n) is 3.16. The first-order valence-electron chi connectivity index (χ1n) is 6.24. The molecule has 0 aliphatic rings. The summed E-state index contributed by atoms with van der Waals surface area (Å²) in [5.74, 6) is 1.96. The number of rotatable bonds is 8. The Labute approximate surface area is 85.1 Å². The lowest BCUT2D eigenvalue weighted by atomic mass is 9.89. The van der Waals surface area contributed by atoms with E-state index < -0.39 is 0 Å². The lowest BCUT2D eigenvalue weighted by Gasteiger charge is -2.17. The molecule has 0 saturated carbocycles. The van der Waals surface area contributed by atoms with Crippen molar-refractivity contribution in [2.24, 2.45) is 11.8 Å². The Morgan fingerprint density at radius 3 is 1.69 bits per heavy atom. The lowest BCUT2D eigenvalue weighted by molar-refractivity contribution is 0.360. The fourth-order valence-electron chi connectivity index (χ4n) is 1.97. The van der Waals surface area contributed by atoms with Gasteiger partial charge in [0, 0.05) is 0 Å². The van der Waals surface area contributed by atoms with Gasteiger partial charge >= 0.3 is 0 Å². The molecule has 1 atom stereocenters. The zero-order valence-electron chi connectivity index (χ0n) is 10.1. The quantitative estimate of drug-likeness (QED) is 0.496. The summed E-state index contributed by atoms with van der Waals surface area (Å²) in [5.41, 5.74) is 0. The van der Waals surface area contributed by atoms with Crippen molar-refractivity contribution < 1.29 is 0 Å². The summed E-state index contributed by atoms with van der Waals surface area (Å²) in [5, 5.41) is 0. The molecule has 0 heteroatoms. The van der Waals surface area contributed by atoms with Crippen LogP contribution in [0.4, 0.5) is 0 Å². The van der Waals surface area contributed by atoms with Crippen LogP contribution in [0.1, 0.15) is 72.6 Å². The molecule has 0 spiro atoms. The Morgan fingerprint density at radius 1 is 0.769 bits per heavy atom. The Bertz CT molecular complexity index is 90.2. The minimum atomic E-state index is 0.941. The van der Waals surface area contributed by atoms with E-state index in [0.29, 0.717) is 0 Å². The van der Waals surface area contributed by atoms with Crippen molar-refractivity contribution in [1.29, 1.82) is 0 Å². The second-order valence-corrected chi connectivity index (χ2v) is 4.53. The highest BCUT2D eigenvalue weighted by molar-refractivity contribution is 4.61. The van der Waals surface area contributed by atoms with Crippen molar-refractivity contribution in [2.45, 2.75) is 72.6 Å². The molecule has 0 rings (SSSR count). The van der Waals surface area contributed by atoms with E-state index in [1.807, 2.05) is 0 Å². The molecule has 0 bridgehead atoms. The van der Waals surface area contributed by atoms with Crippen LogP contribution in [-0.2, 0) is 0 Å². The van der Waals surface area contributed by atoms with Crippen LogP contribution >= 0.6 is 0 Å². The zero-order chi connectivity index (χ0) is 10.1. The van der Waals surface area contributed by atoms with E-state index in [1.165, 1.54) is 44.9 Å². The lowest BCUT2D eigenvalue weighted by Crippen LogP contribution is -2.03. The molecule has 0 fully saturated rings. The van der Waals surface area contributed by atoms with Crippen molar-refractivity contribution in [1.82, 2.24) is 0 Å². The minimum Gasteiger partial charge on any atom is -0.0654 e. The van der Waals surface area contributed by atoms with E-state index in [0.717, 1.165) is 11.8 Å². The maximum atomic E-state index is 2.38. The summed E-state index contributed by atoms with van der Waals surface area (Å²) in [6.45, 7) is 9.31. The van der Waals surface area contributed by atoms with E-state index in [4.69, 9.17) is 0 Å². The molecular formula is C13H28. The normalized spacial score (nSPS) is 13.6. The Morgan fingerprint density at radius 2 is 1.31 bits per heavy atom. The highest BCUT2D eigenvalue weighted by Gasteiger charge is 2.08. The standard InChI is InChI=1S/C13H28/c1-5-8-13(9-6-2)11-10-12(4)7-3/h12-13H,5-11H2,1-4H3. The van der Waals surface area contributed by atoms with Gasteiger partial charge in [0.25, 0.3) is 0 Å². The van der Waals surface area contributed by atoms with Gasteiger partial charge in [-0.2, -0.15) is 0 Å². The SMILES string of the molecule is CCCC(CCC)CCC(C)CC. The summed E-state index contributed by atoms with van der Waals surface area (Å²) in [6, 6.07) is 0. The van der Waals surface area contributed by atoms with Gasteiger partial charge in [0.1, 0.15) is 0 Å². The predicted molar refractivity (Wildman–Crippen MR) is 62.0 cm³/mol. The van der Waals surface area contributed by atoms with E-state index in [-0.39, 0.29) is 0 Å². The molecule has 0 N–H and O–H groups in total. The molecule has 0 aromatic rings. The summed E-state index contributed by atoms with van der Waals surface area (Å²) >= 11 is 0.